The van der Waals surface area contributed by atoms with Crippen molar-refractivity contribution in [2.24, 2.45) is 0 Å². The predicted molar refractivity (Wildman–Crippen MR) is 160 cm³/mol. The van der Waals surface area contributed by atoms with Gasteiger partial charge in [-0.3, -0.25) is 4.79 Å². The Morgan fingerprint density at radius 1 is 0.825 bits per heavy atom. The lowest BCUT2D eigenvalue weighted by Gasteiger charge is -2.34. The summed E-state index contributed by atoms with van der Waals surface area (Å²) in [6, 6.07) is 27.7. The Morgan fingerprint density at radius 2 is 1.50 bits per heavy atom. The normalized spacial score (nSPS) is 13.4. The van der Waals surface area contributed by atoms with E-state index in [0.717, 1.165) is 34.1 Å². The summed E-state index contributed by atoms with van der Waals surface area (Å²) in [5, 5.41) is 2.99. The monoisotopic (exact) mass is 536 g/mol. The fourth-order valence-corrected chi connectivity index (χ4v) is 5.16. The summed E-state index contributed by atoms with van der Waals surface area (Å²) >= 11 is 0. The van der Waals surface area contributed by atoms with E-state index in [1.54, 1.807) is 12.0 Å². The van der Waals surface area contributed by atoms with Gasteiger partial charge in [-0.15, -0.1) is 0 Å². The van der Waals surface area contributed by atoms with Crippen molar-refractivity contribution >= 4 is 17.6 Å². The van der Waals surface area contributed by atoms with E-state index in [2.05, 4.69) is 23.7 Å². The van der Waals surface area contributed by atoms with Crippen LogP contribution in [-0.2, 0) is 0 Å². The molecule has 0 spiro atoms. The zero-order valence-corrected chi connectivity index (χ0v) is 23.6. The molecule has 2 heterocycles. The molecule has 7 nitrogen and oxygen atoms in total. The molecule has 5 rings (SSSR count). The van der Waals surface area contributed by atoms with Crippen LogP contribution in [0.5, 0.6) is 5.75 Å². The molecule has 206 valence electrons. The lowest BCUT2D eigenvalue weighted by molar-refractivity contribution is 0.0671. The highest BCUT2D eigenvalue weighted by Crippen LogP contribution is 2.32. The molecule has 1 aromatic heterocycles. The van der Waals surface area contributed by atoms with E-state index in [0.29, 0.717) is 37.7 Å². The minimum atomic E-state index is -0.142. The number of benzene rings is 3. The number of carbonyl (C=O) groups is 2. The zero-order chi connectivity index (χ0) is 28.2. The molecule has 0 unspecified atom stereocenters. The van der Waals surface area contributed by atoms with Crippen LogP contribution < -0.4 is 10.1 Å². The minimum absolute atomic E-state index is 0.0272. The second-order valence-corrected chi connectivity index (χ2v) is 10.4. The van der Waals surface area contributed by atoms with Gasteiger partial charge in [-0.2, -0.15) is 0 Å². The van der Waals surface area contributed by atoms with Gasteiger partial charge in [-0.25, -0.2) is 4.79 Å². The molecular formula is C33H36N4O3. The molecule has 1 aliphatic rings. The first kappa shape index (κ1) is 27.1. The summed E-state index contributed by atoms with van der Waals surface area (Å²) in [6.07, 6.45) is 0. The van der Waals surface area contributed by atoms with E-state index in [4.69, 9.17) is 4.74 Å². The van der Waals surface area contributed by atoms with Crippen molar-refractivity contribution in [2.75, 3.05) is 38.6 Å². The van der Waals surface area contributed by atoms with E-state index < -0.39 is 0 Å². The highest BCUT2D eigenvalue weighted by molar-refractivity contribution is 5.98. The third kappa shape index (κ3) is 5.59. The number of ether oxygens (including phenoxy) is 1. The SMILES string of the molecule is COc1cccc(-c2cc(C(=O)N3CCN(C(=O)Nc4ccc(C(C)C)cc4)CC3)c(C)n2-c2ccccc2)c1. The molecule has 0 radical (unpaired) electrons. The Morgan fingerprint density at radius 3 is 2.15 bits per heavy atom. The number of piperazine rings is 1. The summed E-state index contributed by atoms with van der Waals surface area (Å²) < 4.78 is 7.58. The number of nitrogens with one attached hydrogen (secondary N) is 1. The Kier molecular flexibility index (Phi) is 7.91. The van der Waals surface area contributed by atoms with E-state index in [1.807, 2.05) is 96.8 Å². The third-order valence-electron chi connectivity index (χ3n) is 7.54. The molecule has 3 amide bonds. The molecule has 0 saturated carbocycles. The van der Waals surface area contributed by atoms with Gasteiger partial charge in [-0.1, -0.05) is 56.3 Å². The lowest BCUT2D eigenvalue weighted by atomic mass is 10.0. The van der Waals surface area contributed by atoms with Crippen molar-refractivity contribution < 1.29 is 14.3 Å². The molecule has 4 aromatic rings. The van der Waals surface area contributed by atoms with Gasteiger partial charge in [-0.05, 0) is 60.9 Å². The molecule has 1 fully saturated rings. The van der Waals surface area contributed by atoms with Crippen molar-refractivity contribution in [1.29, 1.82) is 0 Å². The molecule has 1 N–H and O–H groups in total. The van der Waals surface area contributed by atoms with Crippen molar-refractivity contribution in [2.45, 2.75) is 26.7 Å². The molecule has 0 aliphatic carbocycles. The van der Waals surface area contributed by atoms with Crippen LogP contribution in [0.1, 0.15) is 41.4 Å². The maximum Gasteiger partial charge on any atom is 0.321 e. The van der Waals surface area contributed by atoms with Gasteiger partial charge in [0, 0.05) is 48.8 Å². The Labute approximate surface area is 236 Å². The van der Waals surface area contributed by atoms with Gasteiger partial charge >= 0.3 is 6.03 Å². The number of amides is 3. The Balaban J connectivity index is 1.33. The van der Waals surface area contributed by atoms with Crippen molar-refractivity contribution in [3.63, 3.8) is 0 Å². The van der Waals surface area contributed by atoms with Crippen LogP contribution in [0.25, 0.3) is 16.9 Å². The second-order valence-electron chi connectivity index (χ2n) is 10.4. The predicted octanol–water partition coefficient (Wildman–Crippen LogP) is 6.57. The van der Waals surface area contributed by atoms with Crippen LogP contribution in [0, 0.1) is 6.92 Å². The molecule has 1 saturated heterocycles. The maximum absolute atomic E-state index is 13.8. The maximum atomic E-state index is 13.8. The van der Waals surface area contributed by atoms with E-state index >= 15 is 0 Å². The van der Waals surface area contributed by atoms with Crippen LogP contribution in [0.4, 0.5) is 10.5 Å². The molecular weight excluding hydrogens is 500 g/mol. The standard InChI is InChI=1S/C33H36N4O3/c1-23(2)25-13-15-27(16-14-25)34-33(39)36-19-17-35(18-20-36)32(38)30-22-31(26-9-8-12-29(21-26)40-4)37(24(30)3)28-10-6-5-7-11-28/h5-16,21-23H,17-20H2,1-4H3,(H,34,39). The number of nitrogens with zero attached hydrogens (tertiary/aromatic N) is 3. The first-order valence-corrected chi connectivity index (χ1v) is 13.7. The summed E-state index contributed by atoms with van der Waals surface area (Å²) in [7, 11) is 1.65. The van der Waals surface area contributed by atoms with Crippen LogP contribution in [0.3, 0.4) is 0 Å². The molecule has 3 aromatic carbocycles. The van der Waals surface area contributed by atoms with Crippen LogP contribution >= 0.6 is 0 Å². The topological polar surface area (TPSA) is 66.8 Å². The molecule has 0 atom stereocenters. The number of hydrogen-bond acceptors (Lipinski definition) is 3. The summed E-state index contributed by atoms with van der Waals surface area (Å²) in [5.41, 5.74) is 6.41. The van der Waals surface area contributed by atoms with Gasteiger partial charge in [0.1, 0.15) is 5.75 Å². The van der Waals surface area contributed by atoms with E-state index in [9.17, 15) is 9.59 Å². The number of urea groups is 1. The van der Waals surface area contributed by atoms with Crippen molar-refractivity contribution in [1.82, 2.24) is 14.4 Å². The number of rotatable bonds is 6. The van der Waals surface area contributed by atoms with Gasteiger partial charge < -0.3 is 24.4 Å². The van der Waals surface area contributed by atoms with Crippen LogP contribution in [0.15, 0.2) is 84.9 Å². The minimum Gasteiger partial charge on any atom is -0.497 e. The Hall–Kier alpha value is -4.52. The summed E-state index contributed by atoms with van der Waals surface area (Å²) in [6.45, 7) is 8.17. The highest BCUT2D eigenvalue weighted by atomic mass is 16.5. The van der Waals surface area contributed by atoms with Gasteiger partial charge in [0.2, 0.25) is 0 Å². The van der Waals surface area contributed by atoms with Gasteiger partial charge in [0.15, 0.2) is 0 Å². The molecule has 1 aliphatic heterocycles. The fraction of sp³-hybridized carbons (Fsp3) is 0.273. The zero-order valence-electron chi connectivity index (χ0n) is 23.6. The summed E-state index contributed by atoms with van der Waals surface area (Å²) in [5.74, 6) is 1.17. The first-order chi connectivity index (χ1) is 19.4. The Bertz CT molecular complexity index is 1480. The average molecular weight is 537 g/mol. The van der Waals surface area contributed by atoms with Crippen LogP contribution in [0.2, 0.25) is 0 Å². The second kappa shape index (κ2) is 11.7. The average Bonchev–Trinajstić information content (AvgIpc) is 3.34. The highest BCUT2D eigenvalue weighted by Gasteiger charge is 2.28. The molecule has 0 bridgehead atoms. The molecule has 40 heavy (non-hydrogen) atoms. The third-order valence-corrected chi connectivity index (χ3v) is 7.54. The van der Waals surface area contributed by atoms with Gasteiger partial charge in [0.25, 0.3) is 5.91 Å². The van der Waals surface area contributed by atoms with E-state index in [-0.39, 0.29) is 11.9 Å². The van der Waals surface area contributed by atoms with Crippen molar-refractivity contribution in [3.05, 3.63) is 102 Å². The number of carbonyl (C=O) groups excluding carboxylic acids is 2. The van der Waals surface area contributed by atoms with Crippen LogP contribution in [-0.4, -0.2) is 59.6 Å². The number of para-hydroxylation sites is 1. The van der Waals surface area contributed by atoms with Crippen molar-refractivity contribution in [3.8, 4) is 22.7 Å². The first-order valence-electron chi connectivity index (χ1n) is 13.7. The number of aromatic nitrogens is 1. The number of anilines is 1. The lowest BCUT2D eigenvalue weighted by Crippen LogP contribution is -2.51. The summed E-state index contributed by atoms with van der Waals surface area (Å²) in [4.78, 5) is 30.3. The quantitative estimate of drug-likeness (QED) is 0.303. The molecule has 7 heteroatoms. The number of methoxy groups -OCH3 is 1. The number of hydrogen-bond donors (Lipinski definition) is 1. The fourth-order valence-electron chi connectivity index (χ4n) is 5.16. The van der Waals surface area contributed by atoms with Gasteiger partial charge in [0.05, 0.1) is 18.4 Å². The largest absolute Gasteiger partial charge is 0.497 e. The van der Waals surface area contributed by atoms with E-state index in [1.165, 1.54) is 5.56 Å². The smallest absolute Gasteiger partial charge is 0.321 e.